The summed E-state index contributed by atoms with van der Waals surface area (Å²) in [6, 6.07) is 7.95. The maximum Gasteiger partial charge on any atom is 0.217 e. The van der Waals surface area contributed by atoms with E-state index in [4.69, 9.17) is 4.74 Å². The van der Waals surface area contributed by atoms with Gasteiger partial charge in [-0.3, -0.25) is 0 Å². The van der Waals surface area contributed by atoms with Crippen LogP contribution < -0.4 is 0 Å². The number of hydrogen-bond donors (Lipinski definition) is 1. The molecule has 1 aliphatic heterocycles. The molecule has 15 heavy (non-hydrogen) atoms. The van der Waals surface area contributed by atoms with Crippen molar-refractivity contribution < 1.29 is 9.84 Å². The third-order valence-electron chi connectivity index (χ3n) is 2.61. The molecule has 1 atom stereocenters. The van der Waals surface area contributed by atoms with Crippen LogP contribution in [0.4, 0.5) is 0 Å². The Balaban J connectivity index is 2.35. The quantitative estimate of drug-likeness (QED) is 0.795. The molecule has 0 aliphatic carbocycles. The first-order valence-corrected chi connectivity index (χ1v) is 5.04. The summed E-state index contributed by atoms with van der Waals surface area (Å²) < 4.78 is 5.52. The van der Waals surface area contributed by atoms with E-state index in [2.05, 4.69) is 4.99 Å². The molecule has 1 aliphatic rings. The molecular formula is C12H15NO2. The van der Waals surface area contributed by atoms with Crippen LogP contribution in [0.5, 0.6) is 0 Å². The second-order valence-electron chi connectivity index (χ2n) is 4.18. The zero-order valence-electron chi connectivity index (χ0n) is 9.03. The number of ether oxygens (including phenoxy) is 1. The van der Waals surface area contributed by atoms with E-state index in [1.54, 1.807) is 0 Å². The second kappa shape index (κ2) is 3.66. The van der Waals surface area contributed by atoms with E-state index in [0.29, 0.717) is 12.5 Å². The Morgan fingerprint density at radius 1 is 1.47 bits per heavy atom. The number of aliphatic hydroxyl groups is 1. The van der Waals surface area contributed by atoms with Gasteiger partial charge < -0.3 is 9.84 Å². The fourth-order valence-electron chi connectivity index (χ4n) is 1.57. The lowest BCUT2D eigenvalue weighted by Crippen LogP contribution is -2.28. The molecule has 80 valence electrons. The Kier molecular flexibility index (Phi) is 2.49. The predicted molar refractivity (Wildman–Crippen MR) is 59.2 cm³/mol. The molecule has 0 saturated carbocycles. The number of aliphatic imine (C=N–C) groups is 1. The number of aryl methyl sites for hydroxylation is 1. The maximum absolute atomic E-state index is 9.17. The Hall–Kier alpha value is -1.35. The molecule has 0 fully saturated rings. The predicted octanol–water partition coefficient (Wildman–Crippen LogP) is 1.52. The van der Waals surface area contributed by atoms with Gasteiger partial charge in [-0.1, -0.05) is 18.2 Å². The van der Waals surface area contributed by atoms with Crippen LogP contribution in [0, 0.1) is 6.92 Å². The number of benzene rings is 1. The van der Waals surface area contributed by atoms with Crippen LogP contribution in [0.15, 0.2) is 29.3 Å². The van der Waals surface area contributed by atoms with Crippen molar-refractivity contribution in [3.8, 4) is 0 Å². The zero-order chi connectivity index (χ0) is 10.9. The van der Waals surface area contributed by atoms with Gasteiger partial charge in [0.2, 0.25) is 5.90 Å². The van der Waals surface area contributed by atoms with Gasteiger partial charge >= 0.3 is 0 Å². The first kappa shape index (κ1) is 10.2. The standard InChI is InChI=1S/C12H15NO2/c1-9-5-3-4-6-10(9)11-13-12(2,7-14)8-15-11/h3-6,14H,7-8H2,1-2H3. The highest BCUT2D eigenvalue weighted by Gasteiger charge is 2.31. The molecule has 2 rings (SSSR count). The summed E-state index contributed by atoms with van der Waals surface area (Å²) in [6.07, 6.45) is 0. The van der Waals surface area contributed by atoms with Gasteiger partial charge in [-0.05, 0) is 25.5 Å². The van der Waals surface area contributed by atoms with Crippen molar-refractivity contribution in [2.45, 2.75) is 19.4 Å². The van der Waals surface area contributed by atoms with Crippen LogP contribution in [0.1, 0.15) is 18.1 Å². The topological polar surface area (TPSA) is 41.8 Å². The molecular weight excluding hydrogens is 190 g/mol. The van der Waals surface area contributed by atoms with Crippen molar-refractivity contribution in [1.29, 1.82) is 0 Å². The van der Waals surface area contributed by atoms with Crippen molar-refractivity contribution >= 4 is 5.90 Å². The monoisotopic (exact) mass is 205 g/mol. The van der Waals surface area contributed by atoms with E-state index in [-0.39, 0.29) is 6.61 Å². The smallest absolute Gasteiger partial charge is 0.217 e. The minimum absolute atomic E-state index is 0.0163. The molecule has 1 aromatic rings. The first-order valence-electron chi connectivity index (χ1n) is 5.04. The normalized spacial score (nSPS) is 24.9. The average Bonchev–Trinajstić information content (AvgIpc) is 2.63. The summed E-state index contributed by atoms with van der Waals surface area (Å²) >= 11 is 0. The van der Waals surface area contributed by atoms with Crippen molar-refractivity contribution in [3.63, 3.8) is 0 Å². The van der Waals surface area contributed by atoms with Crippen LogP contribution in [-0.4, -0.2) is 29.8 Å². The summed E-state index contributed by atoms with van der Waals surface area (Å²) in [5.41, 5.74) is 1.67. The molecule has 0 saturated heterocycles. The Morgan fingerprint density at radius 3 is 2.80 bits per heavy atom. The summed E-state index contributed by atoms with van der Waals surface area (Å²) in [7, 11) is 0. The van der Waals surface area contributed by atoms with E-state index in [1.807, 2.05) is 38.1 Å². The lowest BCUT2D eigenvalue weighted by molar-refractivity contribution is 0.170. The first-order chi connectivity index (χ1) is 7.14. The molecule has 1 heterocycles. The highest BCUT2D eigenvalue weighted by Crippen LogP contribution is 2.22. The van der Waals surface area contributed by atoms with Crippen LogP contribution in [0.2, 0.25) is 0 Å². The van der Waals surface area contributed by atoms with Crippen LogP contribution in [0.25, 0.3) is 0 Å². The lowest BCUT2D eigenvalue weighted by atomic mass is 10.1. The van der Waals surface area contributed by atoms with Gasteiger partial charge in [-0.25, -0.2) is 4.99 Å². The molecule has 3 heteroatoms. The van der Waals surface area contributed by atoms with Crippen molar-refractivity contribution in [1.82, 2.24) is 0 Å². The van der Waals surface area contributed by atoms with Gasteiger partial charge in [-0.2, -0.15) is 0 Å². The van der Waals surface area contributed by atoms with E-state index >= 15 is 0 Å². The Labute approximate surface area is 89.4 Å². The highest BCUT2D eigenvalue weighted by molar-refractivity contribution is 5.96. The van der Waals surface area contributed by atoms with Gasteiger partial charge in [0.1, 0.15) is 12.1 Å². The second-order valence-corrected chi connectivity index (χ2v) is 4.18. The van der Waals surface area contributed by atoms with Gasteiger partial charge in [0.05, 0.1) is 6.61 Å². The third kappa shape index (κ3) is 1.88. The Morgan fingerprint density at radius 2 is 2.20 bits per heavy atom. The molecule has 0 bridgehead atoms. The van der Waals surface area contributed by atoms with E-state index < -0.39 is 5.54 Å². The minimum Gasteiger partial charge on any atom is -0.475 e. The third-order valence-corrected chi connectivity index (χ3v) is 2.61. The van der Waals surface area contributed by atoms with Crippen LogP contribution >= 0.6 is 0 Å². The SMILES string of the molecule is Cc1ccccc1C1=NC(C)(CO)CO1. The van der Waals surface area contributed by atoms with E-state index in [1.165, 1.54) is 0 Å². The number of hydrogen-bond acceptors (Lipinski definition) is 3. The van der Waals surface area contributed by atoms with Crippen LogP contribution in [0.3, 0.4) is 0 Å². The van der Waals surface area contributed by atoms with Gasteiger partial charge in [0.15, 0.2) is 0 Å². The minimum atomic E-state index is -0.475. The largest absolute Gasteiger partial charge is 0.475 e. The molecule has 1 unspecified atom stereocenters. The zero-order valence-corrected chi connectivity index (χ0v) is 9.03. The average molecular weight is 205 g/mol. The fraction of sp³-hybridized carbons (Fsp3) is 0.417. The molecule has 1 N–H and O–H groups in total. The van der Waals surface area contributed by atoms with E-state index in [9.17, 15) is 5.11 Å². The fourth-order valence-corrected chi connectivity index (χ4v) is 1.57. The molecule has 3 nitrogen and oxygen atoms in total. The molecule has 0 radical (unpaired) electrons. The van der Waals surface area contributed by atoms with Crippen molar-refractivity contribution in [2.24, 2.45) is 4.99 Å². The van der Waals surface area contributed by atoms with E-state index in [0.717, 1.165) is 11.1 Å². The maximum atomic E-state index is 9.17. The van der Waals surface area contributed by atoms with Crippen molar-refractivity contribution in [3.05, 3.63) is 35.4 Å². The van der Waals surface area contributed by atoms with Gasteiger partial charge in [0.25, 0.3) is 0 Å². The van der Waals surface area contributed by atoms with Crippen LogP contribution in [-0.2, 0) is 4.74 Å². The van der Waals surface area contributed by atoms with Gasteiger partial charge in [-0.15, -0.1) is 0 Å². The molecule has 1 aromatic carbocycles. The van der Waals surface area contributed by atoms with Gasteiger partial charge in [0, 0.05) is 5.56 Å². The van der Waals surface area contributed by atoms with Crippen molar-refractivity contribution in [2.75, 3.05) is 13.2 Å². The summed E-state index contributed by atoms with van der Waals surface area (Å²) in [4.78, 5) is 4.41. The highest BCUT2D eigenvalue weighted by atomic mass is 16.5. The molecule has 0 spiro atoms. The Bertz CT molecular complexity index is 400. The summed E-state index contributed by atoms with van der Waals surface area (Å²) in [5, 5.41) is 9.17. The number of nitrogens with zero attached hydrogens (tertiary/aromatic N) is 1. The summed E-state index contributed by atoms with van der Waals surface area (Å²) in [6.45, 7) is 4.38. The lowest BCUT2D eigenvalue weighted by Gasteiger charge is -2.12. The molecule has 0 aromatic heterocycles. The number of aliphatic hydroxyl groups excluding tert-OH is 1. The summed E-state index contributed by atoms with van der Waals surface area (Å²) in [5.74, 6) is 0.643. The number of rotatable bonds is 2. The molecule has 0 amide bonds.